The number of nitrogens with zero attached hydrogens (tertiary/aromatic N) is 1. The van der Waals surface area contributed by atoms with E-state index in [2.05, 4.69) is 15.6 Å². The molecule has 1 heterocycles. The number of carbonyl (C=O) groups excluding carboxylic acids is 1. The minimum atomic E-state index is -0.0522. The fourth-order valence-electron chi connectivity index (χ4n) is 2.61. The molecule has 5 heteroatoms. The van der Waals surface area contributed by atoms with Crippen LogP contribution in [-0.4, -0.2) is 23.5 Å². The number of hydrogen-bond donors (Lipinski definition) is 2. The third-order valence-electron chi connectivity index (χ3n) is 3.80. The summed E-state index contributed by atoms with van der Waals surface area (Å²) in [5.41, 5.74) is 0. The summed E-state index contributed by atoms with van der Waals surface area (Å²) in [6, 6.07) is 0.301. The molecule has 1 aliphatic rings. The summed E-state index contributed by atoms with van der Waals surface area (Å²) in [5, 5.41) is 6.27. The average molecular weight is 279 g/mol. The number of aryl methyl sites for hydroxylation is 1. The van der Waals surface area contributed by atoms with Crippen molar-refractivity contribution in [3.05, 3.63) is 17.8 Å². The van der Waals surface area contributed by atoms with Gasteiger partial charge in [-0.3, -0.25) is 10.1 Å². The molecule has 2 N–H and O–H groups in total. The van der Waals surface area contributed by atoms with Crippen LogP contribution < -0.4 is 10.6 Å². The lowest BCUT2D eigenvalue weighted by atomic mass is 10.1. The van der Waals surface area contributed by atoms with Crippen molar-refractivity contribution in [1.82, 2.24) is 15.6 Å². The smallest absolute Gasteiger partial charge is 0.234 e. The molecular weight excluding hydrogens is 254 g/mol. The molecule has 1 fully saturated rings. The van der Waals surface area contributed by atoms with Crippen molar-refractivity contribution >= 4 is 5.91 Å². The van der Waals surface area contributed by atoms with E-state index in [-0.39, 0.29) is 11.9 Å². The molecule has 112 valence electrons. The molecule has 1 atom stereocenters. The lowest BCUT2D eigenvalue weighted by Crippen LogP contribution is -2.40. The van der Waals surface area contributed by atoms with Crippen molar-refractivity contribution in [2.75, 3.05) is 6.54 Å². The maximum atomic E-state index is 11.9. The SMILES string of the molecule is Cc1cnc(C(C)NCC(=O)NC2CCCCCC2)o1. The molecule has 1 amide bonds. The van der Waals surface area contributed by atoms with Gasteiger partial charge in [0.05, 0.1) is 18.8 Å². The highest BCUT2D eigenvalue weighted by Gasteiger charge is 2.16. The van der Waals surface area contributed by atoms with Crippen molar-refractivity contribution in [2.45, 2.75) is 64.5 Å². The van der Waals surface area contributed by atoms with Gasteiger partial charge in [-0.25, -0.2) is 4.98 Å². The summed E-state index contributed by atoms with van der Waals surface area (Å²) in [6.07, 6.45) is 8.96. The Hall–Kier alpha value is -1.36. The van der Waals surface area contributed by atoms with E-state index in [4.69, 9.17) is 4.42 Å². The lowest BCUT2D eigenvalue weighted by Gasteiger charge is -2.17. The van der Waals surface area contributed by atoms with Gasteiger partial charge < -0.3 is 9.73 Å². The van der Waals surface area contributed by atoms with Gasteiger partial charge in [0.1, 0.15) is 5.76 Å². The Balaban J connectivity index is 1.71. The average Bonchev–Trinajstić information content (AvgIpc) is 2.70. The number of carbonyl (C=O) groups is 1. The summed E-state index contributed by atoms with van der Waals surface area (Å²) in [6.45, 7) is 4.12. The van der Waals surface area contributed by atoms with Crippen molar-refractivity contribution in [2.24, 2.45) is 0 Å². The van der Waals surface area contributed by atoms with Gasteiger partial charge in [-0.15, -0.1) is 0 Å². The number of oxazole rings is 1. The number of nitrogens with one attached hydrogen (secondary N) is 2. The quantitative estimate of drug-likeness (QED) is 0.813. The third-order valence-corrected chi connectivity index (χ3v) is 3.80. The second kappa shape index (κ2) is 7.43. The zero-order chi connectivity index (χ0) is 14.4. The highest BCUT2D eigenvalue weighted by atomic mass is 16.4. The number of rotatable bonds is 5. The molecule has 0 aromatic carbocycles. The van der Waals surface area contributed by atoms with E-state index < -0.39 is 0 Å². The molecule has 2 rings (SSSR count). The van der Waals surface area contributed by atoms with Gasteiger partial charge in [0.25, 0.3) is 0 Å². The van der Waals surface area contributed by atoms with Gasteiger partial charge >= 0.3 is 0 Å². The Kier molecular flexibility index (Phi) is 5.59. The van der Waals surface area contributed by atoms with Crippen LogP contribution in [0.25, 0.3) is 0 Å². The first-order valence-corrected chi connectivity index (χ1v) is 7.60. The van der Waals surface area contributed by atoms with Gasteiger partial charge in [0, 0.05) is 6.04 Å². The van der Waals surface area contributed by atoms with Crippen LogP contribution in [0, 0.1) is 6.92 Å². The summed E-state index contributed by atoms with van der Waals surface area (Å²) in [4.78, 5) is 16.1. The third kappa shape index (κ3) is 4.63. The van der Waals surface area contributed by atoms with Crippen molar-refractivity contribution in [3.8, 4) is 0 Å². The topological polar surface area (TPSA) is 67.2 Å². The van der Waals surface area contributed by atoms with Crippen LogP contribution in [0.2, 0.25) is 0 Å². The maximum absolute atomic E-state index is 11.9. The maximum Gasteiger partial charge on any atom is 0.234 e. The van der Waals surface area contributed by atoms with Crippen LogP contribution in [0.3, 0.4) is 0 Å². The Bertz CT molecular complexity index is 423. The molecule has 0 bridgehead atoms. The molecule has 1 unspecified atom stereocenters. The summed E-state index contributed by atoms with van der Waals surface area (Å²) >= 11 is 0. The molecular formula is C15H25N3O2. The van der Waals surface area contributed by atoms with Crippen LogP contribution in [0.5, 0.6) is 0 Å². The molecule has 1 saturated carbocycles. The second-order valence-electron chi connectivity index (χ2n) is 5.67. The molecule has 0 saturated heterocycles. The van der Waals surface area contributed by atoms with Crippen LogP contribution in [0.4, 0.5) is 0 Å². The monoisotopic (exact) mass is 279 g/mol. The normalized spacial score (nSPS) is 18.5. The summed E-state index contributed by atoms with van der Waals surface area (Å²) in [7, 11) is 0. The van der Waals surface area contributed by atoms with E-state index in [1.807, 2.05) is 13.8 Å². The number of aromatic nitrogens is 1. The van der Waals surface area contributed by atoms with E-state index in [0.717, 1.165) is 18.6 Å². The Labute approximate surface area is 120 Å². The fourth-order valence-corrected chi connectivity index (χ4v) is 2.61. The molecule has 1 aromatic rings. The summed E-state index contributed by atoms with van der Waals surface area (Å²) < 4.78 is 5.44. The largest absolute Gasteiger partial charge is 0.444 e. The predicted molar refractivity (Wildman–Crippen MR) is 77.3 cm³/mol. The Morgan fingerprint density at radius 3 is 2.70 bits per heavy atom. The Morgan fingerprint density at radius 2 is 2.10 bits per heavy atom. The minimum absolute atomic E-state index is 0.0522. The van der Waals surface area contributed by atoms with Gasteiger partial charge in [-0.05, 0) is 26.7 Å². The van der Waals surface area contributed by atoms with Gasteiger partial charge in [0.15, 0.2) is 0 Å². The van der Waals surface area contributed by atoms with Crippen molar-refractivity contribution in [1.29, 1.82) is 0 Å². The first-order chi connectivity index (χ1) is 9.65. The number of amides is 1. The molecule has 0 spiro atoms. The van der Waals surface area contributed by atoms with E-state index in [9.17, 15) is 4.79 Å². The van der Waals surface area contributed by atoms with Crippen LogP contribution in [0.15, 0.2) is 10.6 Å². The van der Waals surface area contributed by atoms with Crippen LogP contribution >= 0.6 is 0 Å². The standard InChI is InChI=1S/C15H25N3O2/c1-11-9-17-15(20-11)12(2)16-10-14(19)18-13-7-5-3-4-6-8-13/h9,12-13,16H,3-8,10H2,1-2H3,(H,18,19). The van der Waals surface area contributed by atoms with Gasteiger partial charge in [0.2, 0.25) is 11.8 Å². The molecule has 20 heavy (non-hydrogen) atoms. The minimum Gasteiger partial charge on any atom is -0.444 e. The van der Waals surface area contributed by atoms with Gasteiger partial charge in [-0.2, -0.15) is 0 Å². The van der Waals surface area contributed by atoms with Crippen LogP contribution in [-0.2, 0) is 4.79 Å². The van der Waals surface area contributed by atoms with E-state index in [1.54, 1.807) is 6.20 Å². The van der Waals surface area contributed by atoms with E-state index >= 15 is 0 Å². The van der Waals surface area contributed by atoms with Gasteiger partial charge in [-0.1, -0.05) is 25.7 Å². The molecule has 0 radical (unpaired) electrons. The zero-order valence-electron chi connectivity index (χ0n) is 12.4. The first kappa shape index (κ1) is 15.0. The van der Waals surface area contributed by atoms with Crippen LogP contribution in [0.1, 0.15) is 63.1 Å². The van der Waals surface area contributed by atoms with E-state index in [1.165, 1.54) is 25.7 Å². The lowest BCUT2D eigenvalue weighted by molar-refractivity contribution is -0.121. The first-order valence-electron chi connectivity index (χ1n) is 7.60. The fraction of sp³-hybridized carbons (Fsp3) is 0.733. The second-order valence-corrected chi connectivity index (χ2v) is 5.67. The molecule has 0 aliphatic heterocycles. The van der Waals surface area contributed by atoms with Crippen molar-refractivity contribution in [3.63, 3.8) is 0 Å². The Morgan fingerprint density at radius 1 is 1.40 bits per heavy atom. The molecule has 1 aliphatic carbocycles. The zero-order valence-corrected chi connectivity index (χ0v) is 12.4. The highest BCUT2D eigenvalue weighted by Crippen LogP contribution is 2.17. The summed E-state index contributed by atoms with van der Waals surface area (Å²) in [5.74, 6) is 1.48. The highest BCUT2D eigenvalue weighted by molar-refractivity contribution is 5.78. The number of hydrogen-bond acceptors (Lipinski definition) is 4. The predicted octanol–water partition coefficient (Wildman–Crippen LogP) is 2.47. The van der Waals surface area contributed by atoms with Crippen molar-refractivity contribution < 1.29 is 9.21 Å². The molecule has 5 nitrogen and oxygen atoms in total. The molecule has 1 aromatic heterocycles. The van der Waals surface area contributed by atoms with E-state index in [0.29, 0.717) is 18.5 Å².